The average Bonchev–Trinajstić information content (AvgIpc) is 2.76. The SMILES string of the molecule is CC(C)N(CCC(=O)O)c1sc2c(c1C#N)CCCC2. The summed E-state index contributed by atoms with van der Waals surface area (Å²) in [5.74, 6) is -0.796. The van der Waals surface area contributed by atoms with Crippen molar-refractivity contribution in [1.82, 2.24) is 0 Å². The summed E-state index contributed by atoms with van der Waals surface area (Å²) in [6.45, 7) is 4.55. The van der Waals surface area contributed by atoms with Crippen molar-refractivity contribution in [1.29, 1.82) is 5.26 Å². The molecule has 108 valence electrons. The summed E-state index contributed by atoms with van der Waals surface area (Å²) in [6, 6.07) is 2.54. The summed E-state index contributed by atoms with van der Waals surface area (Å²) in [7, 11) is 0. The van der Waals surface area contributed by atoms with Gasteiger partial charge in [-0.05, 0) is 45.1 Å². The molecule has 1 aliphatic rings. The highest BCUT2D eigenvalue weighted by Crippen LogP contribution is 2.40. The number of carbonyl (C=O) groups is 1. The number of rotatable bonds is 5. The first-order chi connectivity index (χ1) is 9.54. The van der Waals surface area contributed by atoms with Crippen LogP contribution in [0.3, 0.4) is 0 Å². The lowest BCUT2D eigenvalue weighted by molar-refractivity contribution is -0.136. The third-order valence-electron chi connectivity index (χ3n) is 3.72. The Kier molecular flexibility index (Phi) is 4.66. The maximum absolute atomic E-state index is 10.8. The van der Waals surface area contributed by atoms with E-state index in [4.69, 9.17) is 5.11 Å². The van der Waals surface area contributed by atoms with Gasteiger partial charge in [-0.1, -0.05) is 0 Å². The number of hydrogen-bond acceptors (Lipinski definition) is 4. The quantitative estimate of drug-likeness (QED) is 0.905. The summed E-state index contributed by atoms with van der Waals surface area (Å²) in [5.41, 5.74) is 1.99. The molecule has 0 aliphatic heterocycles. The molecule has 0 radical (unpaired) electrons. The largest absolute Gasteiger partial charge is 0.481 e. The van der Waals surface area contributed by atoms with Crippen LogP contribution in [0.15, 0.2) is 0 Å². The Bertz CT molecular complexity index is 543. The molecular formula is C15H20N2O2S. The maximum atomic E-state index is 10.8. The normalized spacial score (nSPS) is 13.9. The van der Waals surface area contributed by atoms with E-state index in [2.05, 4.69) is 11.0 Å². The molecule has 1 N–H and O–H groups in total. The number of anilines is 1. The van der Waals surface area contributed by atoms with Crippen LogP contribution in [0.1, 0.15) is 49.1 Å². The molecular weight excluding hydrogens is 272 g/mol. The lowest BCUT2D eigenvalue weighted by Crippen LogP contribution is -2.32. The Balaban J connectivity index is 2.35. The summed E-state index contributed by atoms with van der Waals surface area (Å²) >= 11 is 1.69. The molecule has 0 fully saturated rings. The van der Waals surface area contributed by atoms with E-state index in [1.165, 1.54) is 16.9 Å². The number of nitrogens with zero attached hydrogens (tertiary/aromatic N) is 2. The lowest BCUT2D eigenvalue weighted by atomic mass is 9.96. The molecule has 0 saturated heterocycles. The van der Waals surface area contributed by atoms with Crippen LogP contribution in [0.5, 0.6) is 0 Å². The van der Waals surface area contributed by atoms with Gasteiger partial charge >= 0.3 is 5.97 Å². The summed E-state index contributed by atoms with van der Waals surface area (Å²) in [4.78, 5) is 14.2. The topological polar surface area (TPSA) is 64.3 Å². The number of carboxylic acids is 1. The number of thiophene rings is 1. The maximum Gasteiger partial charge on any atom is 0.305 e. The van der Waals surface area contributed by atoms with Crippen LogP contribution in [0.25, 0.3) is 0 Å². The molecule has 1 aromatic rings. The van der Waals surface area contributed by atoms with E-state index in [0.717, 1.165) is 29.8 Å². The van der Waals surface area contributed by atoms with Crippen LogP contribution < -0.4 is 4.90 Å². The fraction of sp³-hybridized carbons (Fsp3) is 0.600. The summed E-state index contributed by atoms with van der Waals surface area (Å²) in [6.07, 6.45) is 4.48. The van der Waals surface area contributed by atoms with Gasteiger partial charge in [0.1, 0.15) is 11.1 Å². The van der Waals surface area contributed by atoms with E-state index < -0.39 is 5.97 Å². The Hall–Kier alpha value is -1.54. The highest BCUT2D eigenvalue weighted by Gasteiger charge is 2.25. The van der Waals surface area contributed by atoms with Gasteiger partial charge in [0, 0.05) is 17.5 Å². The fourth-order valence-corrected chi connectivity index (χ4v) is 4.18. The third-order valence-corrected chi connectivity index (χ3v) is 5.04. The molecule has 5 heteroatoms. The monoisotopic (exact) mass is 292 g/mol. The van der Waals surface area contributed by atoms with Crippen molar-refractivity contribution in [3.8, 4) is 6.07 Å². The molecule has 20 heavy (non-hydrogen) atoms. The van der Waals surface area contributed by atoms with Crippen molar-refractivity contribution in [2.75, 3.05) is 11.4 Å². The first-order valence-electron chi connectivity index (χ1n) is 7.07. The zero-order valence-corrected chi connectivity index (χ0v) is 12.8. The number of carboxylic acid groups (broad SMARTS) is 1. The van der Waals surface area contributed by atoms with Crippen molar-refractivity contribution in [3.63, 3.8) is 0 Å². The van der Waals surface area contributed by atoms with Crippen molar-refractivity contribution in [2.24, 2.45) is 0 Å². The zero-order chi connectivity index (χ0) is 14.7. The van der Waals surface area contributed by atoms with E-state index in [0.29, 0.717) is 6.54 Å². The molecule has 0 saturated carbocycles. The molecule has 0 aromatic carbocycles. The number of aliphatic carboxylic acids is 1. The van der Waals surface area contributed by atoms with Crippen LogP contribution in [0.2, 0.25) is 0 Å². The molecule has 0 unspecified atom stereocenters. The molecule has 0 atom stereocenters. The second-order valence-electron chi connectivity index (χ2n) is 5.43. The van der Waals surface area contributed by atoms with E-state index >= 15 is 0 Å². The van der Waals surface area contributed by atoms with E-state index in [1.54, 1.807) is 11.3 Å². The predicted molar refractivity (Wildman–Crippen MR) is 80.4 cm³/mol. The predicted octanol–water partition coefficient (Wildman–Crippen LogP) is 3.19. The van der Waals surface area contributed by atoms with E-state index in [1.807, 2.05) is 13.8 Å². The van der Waals surface area contributed by atoms with Crippen molar-refractivity contribution < 1.29 is 9.90 Å². The van der Waals surface area contributed by atoms with Gasteiger partial charge in [0.15, 0.2) is 0 Å². The Labute approximate surface area is 123 Å². The van der Waals surface area contributed by atoms with Gasteiger partial charge in [0.05, 0.1) is 12.0 Å². The minimum Gasteiger partial charge on any atom is -0.481 e. The van der Waals surface area contributed by atoms with Crippen LogP contribution in [-0.2, 0) is 17.6 Å². The molecule has 0 spiro atoms. The number of hydrogen-bond donors (Lipinski definition) is 1. The molecule has 1 heterocycles. The average molecular weight is 292 g/mol. The Morgan fingerprint density at radius 2 is 2.15 bits per heavy atom. The first kappa shape index (κ1) is 14.9. The van der Waals surface area contributed by atoms with Gasteiger partial charge in [-0.15, -0.1) is 11.3 Å². The molecule has 1 aliphatic carbocycles. The van der Waals surface area contributed by atoms with Crippen LogP contribution in [-0.4, -0.2) is 23.7 Å². The summed E-state index contributed by atoms with van der Waals surface area (Å²) in [5, 5.41) is 19.3. The van der Waals surface area contributed by atoms with Gasteiger partial charge in [-0.25, -0.2) is 0 Å². The smallest absolute Gasteiger partial charge is 0.305 e. The van der Waals surface area contributed by atoms with Crippen molar-refractivity contribution >= 4 is 22.3 Å². The molecule has 0 bridgehead atoms. The fourth-order valence-electron chi connectivity index (χ4n) is 2.68. The zero-order valence-electron chi connectivity index (χ0n) is 12.0. The molecule has 0 amide bonds. The van der Waals surface area contributed by atoms with E-state index in [9.17, 15) is 10.1 Å². The van der Waals surface area contributed by atoms with Gasteiger partial charge < -0.3 is 10.0 Å². The third kappa shape index (κ3) is 2.96. The molecule has 2 rings (SSSR count). The van der Waals surface area contributed by atoms with Crippen LogP contribution in [0, 0.1) is 11.3 Å². The van der Waals surface area contributed by atoms with Gasteiger partial charge in [0.2, 0.25) is 0 Å². The number of aryl methyl sites for hydroxylation is 1. The first-order valence-corrected chi connectivity index (χ1v) is 7.89. The molecule has 4 nitrogen and oxygen atoms in total. The van der Waals surface area contributed by atoms with Crippen LogP contribution in [0.4, 0.5) is 5.00 Å². The number of fused-ring (bicyclic) bond motifs is 1. The highest BCUT2D eigenvalue weighted by molar-refractivity contribution is 7.16. The van der Waals surface area contributed by atoms with Gasteiger partial charge in [-0.3, -0.25) is 4.79 Å². The van der Waals surface area contributed by atoms with Crippen LogP contribution >= 0.6 is 11.3 Å². The van der Waals surface area contributed by atoms with Gasteiger partial charge in [0.25, 0.3) is 0 Å². The van der Waals surface area contributed by atoms with Gasteiger partial charge in [-0.2, -0.15) is 5.26 Å². The lowest BCUT2D eigenvalue weighted by Gasteiger charge is -2.27. The second kappa shape index (κ2) is 6.27. The van der Waals surface area contributed by atoms with Crippen molar-refractivity contribution in [2.45, 2.75) is 52.0 Å². The standard InChI is InChI=1S/C15H20N2O2S/c1-10(2)17(8-7-14(18)19)15-12(9-16)11-5-3-4-6-13(11)20-15/h10H,3-8H2,1-2H3,(H,18,19). The second-order valence-corrected chi connectivity index (χ2v) is 6.52. The highest BCUT2D eigenvalue weighted by atomic mass is 32.1. The minimum atomic E-state index is -0.796. The Morgan fingerprint density at radius 3 is 2.75 bits per heavy atom. The van der Waals surface area contributed by atoms with Crippen molar-refractivity contribution in [3.05, 3.63) is 16.0 Å². The number of nitriles is 1. The minimum absolute atomic E-state index is 0.103. The van der Waals surface area contributed by atoms with E-state index in [-0.39, 0.29) is 12.5 Å². The molecule has 1 aromatic heterocycles. The Morgan fingerprint density at radius 1 is 1.45 bits per heavy atom. The summed E-state index contributed by atoms with van der Waals surface area (Å²) < 4.78 is 0.